The van der Waals surface area contributed by atoms with Crippen LogP contribution in [0.2, 0.25) is 0 Å². The van der Waals surface area contributed by atoms with Crippen molar-refractivity contribution in [3.05, 3.63) is 52.0 Å². The first-order chi connectivity index (χ1) is 11.7. The molecule has 0 amide bonds. The fourth-order valence-electron chi connectivity index (χ4n) is 2.38. The lowest BCUT2D eigenvalue weighted by Gasteiger charge is -2.16. The summed E-state index contributed by atoms with van der Waals surface area (Å²) in [5, 5.41) is 3.14. The predicted octanol–water partition coefficient (Wildman–Crippen LogP) is 4.20. The van der Waals surface area contributed by atoms with Crippen LogP contribution in [0, 0.1) is 0 Å². The van der Waals surface area contributed by atoms with Gasteiger partial charge >= 0.3 is 0 Å². The van der Waals surface area contributed by atoms with Gasteiger partial charge < -0.3 is 19.5 Å². The predicted molar refractivity (Wildman–Crippen MR) is 100 cm³/mol. The molecule has 0 heterocycles. The van der Waals surface area contributed by atoms with Crippen LogP contribution < -0.4 is 19.5 Å². The van der Waals surface area contributed by atoms with Crippen LogP contribution in [0.4, 0.5) is 0 Å². The third-order valence-corrected chi connectivity index (χ3v) is 4.07. The van der Waals surface area contributed by atoms with Crippen molar-refractivity contribution >= 4 is 15.9 Å². The summed E-state index contributed by atoms with van der Waals surface area (Å²) >= 11 is 3.49. The van der Waals surface area contributed by atoms with Crippen LogP contribution in [0.25, 0.3) is 0 Å². The number of nitrogens with one attached hydrogen (secondary N) is 1. The molecule has 0 fully saturated rings. The molecule has 2 aromatic rings. The molecule has 0 saturated heterocycles. The van der Waals surface area contributed by atoms with E-state index in [0.717, 1.165) is 28.0 Å². The first kappa shape index (κ1) is 18.6. The minimum Gasteiger partial charge on any atom is -0.493 e. The van der Waals surface area contributed by atoms with Gasteiger partial charge in [0.1, 0.15) is 19.0 Å². The number of benzene rings is 2. The lowest BCUT2D eigenvalue weighted by Crippen LogP contribution is -2.13. The minimum atomic E-state index is 0.449. The SMILES string of the molecule is CCc1ccc(OCCOc2c(CNC)cc(Br)cc2OC)cc1. The molecule has 0 radical (unpaired) electrons. The van der Waals surface area contributed by atoms with Gasteiger partial charge in [0.05, 0.1) is 7.11 Å². The van der Waals surface area contributed by atoms with Crippen LogP contribution in [0.15, 0.2) is 40.9 Å². The Bertz CT molecular complexity index is 644. The summed E-state index contributed by atoms with van der Waals surface area (Å²) in [6.45, 7) is 3.76. The average Bonchev–Trinajstić information content (AvgIpc) is 2.60. The Morgan fingerprint density at radius 1 is 1.04 bits per heavy atom. The van der Waals surface area contributed by atoms with Gasteiger partial charge in [-0.2, -0.15) is 0 Å². The lowest BCUT2D eigenvalue weighted by molar-refractivity contribution is 0.209. The highest BCUT2D eigenvalue weighted by atomic mass is 79.9. The van der Waals surface area contributed by atoms with Crippen molar-refractivity contribution in [3.8, 4) is 17.2 Å². The molecule has 5 heteroatoms. The van der Waals surface area contributed by atoms with Crippen LogP contribution in [-0.2, 0) is 13.0 Å². The van der Waals surface area contributed by atoms with E-state index < -0.39 is 0 Å². The maximum atomic E-state index is 5.92. The molecule has 0 atom stereocenters. The summed E-state index contributed by atoms with van der Waals surface area (Å²) in [5.74, 6) is 2.32. The lowest BCUT2D eigenvalue weighted by atomic mass is 10.2. The van der Waals surface area contributed by atoms with Gasteiger partial charge in [-0.1, -0.05) is 35.0 Å². The number of hydrogen-bond donors (Lipinski definition) is 1. The normalized spacial score (nSPS) is 10.5. The first-order valence-corrected chi connectivity index (χ1v) is 8.82. The van der Waals surface area contributed by atoms with Crippen LogP contribution in [0.5, 0.6) is 17.2 Å². The van der Waals surface area contributed by atoms with Gasteiger partial charge in [0.25, 0.3) is 0 Å². The summed E-state index contributed by atoms with van der Waals surface area (Å²) in [5.41, 5.74) is 2.34. The van der Waals surface area contributed by atoms with Crippen LogP contribution in [-0.4, -0.2) is 27.4 Å². The van der Waals surface area contributed by atoms with Crippen LogP contribution in [0.3, 0.4) is 0 Å². The van der Waals surface area contributed by atoms with E-state index in [-0.39, 0.29) is 0 Å². The summed E-state index contributed by atoms with van der Waals surface area (Å²) in [7, 11) is 3.55. The molecule has 0 aromatic heterocycles. The van der Waals surface area contributed by atoms with Gasteiger partial charge in [-0.25, -0.2) is 0 Å². The van der Waals surface area contributed by atoms with Gasteiger partial charge in [-0.15, -0.1) is 0 Å². The second-order valence-electron chi connectivity index (χ2n) is 5.32. The Morgan fingerprint density at radius 2 is 1.75 bits per heavy atom. The Morgan fingerprint density at radius 3 is 2.38 bits per heavy atom. The van der Waals surface area contributed by atoms with E-state index >= 15 is 0 Å². The summed E-state index contributed by atoms with van der Waals surface area (Å²) < 4.78 is 18.0. The zero-order valence-corrected chi connectivity index (χ0v) is 16.0. The standard InChI is InChI=1S/C19H24BrNO3/c1-4-14-5-7-17(8-6-14)23-9-10-24-19-15(13-21-2)11-16(20)12-18(19)22-3/h5-8,11-12,21H,4,9-10,13H2,1-3H3. The van der Waals surface area contributed by atoms with Crippen molar-refractivity contribution in [2.45, 2.75) is 19.9 Å². The van der Waals surface area contributed by atoms with E-state index in [1.54, 1.807) is 7.11 Å². The van der Waals surface area contributed by atoms with E-state index in [2.05, 4.69) is 40.3 Å². The third kappa shape index (κ3) is 5.14. The molecule has 2 rings (SSSR count). The Hall–Kier alpha value is -1.72. The molecule has 0 aliphatic rings. The van der Waals surface area contributed by atoms with E-state index in [9.17, 15) is 0 Å². The number of methoxy groups -OCH3 is 1. The van der Waals surface area contributed by atoms with E-state index in [0.29, 0.717) is 25.5 Å². The van der Waals surface area contributed by atoms with E-state index in [1.165, 1.54) is 5.56 Å². The maximum absolute atomic E-state index is 5.92. The van der Waals surface area contributed by atoms with Gasteiger partial charge in [0.2, 0.25) is 0 Å². The molecule has 0 spiro atoms. The average molecular weight is 394 g/mol. The van der Waals surface area contributed by atoms with Crippen molar-refractivity contribution < 1.29 is 14.2 Å². The van der Waals surface area contributed by atoms with Gasteiger partial charge in [0.15, 0.2) is 11.5 Å². The molecule has 1 N–H and O–H groups in total. The first-order valence-electron chi connectivity index (χ1n) is 8.03. The fourth-order valence-corrected chi connectivity index (χ4v) is 2.87. The smallest absolute Gasteiger partial charge is 0.165 e. The number of ether oxygens (including phenoxy) is 3. The second kappa shape index (κ2) is 9.55. The monoisotopic (exact) mass is 393 g/mol. The van der Waals surface area contributed by atoms with Crippen molar-refractivity contribution in [2.24, 2.45) is 0 Å². The highest BCUT2D eigenvalue weighted by Crippen LogP contribution is 2.34. The van der Waals surface area contributed by atoms with E-state index in [4.69, 9.17) is 14.2 Å². The largest absolute Gasteiger partial charge is 0.493 e. The van der Waals surface area contributed by atoms with Crippen molar-refractivity contribution in [3.63, 3.8) is 0 Å². The van der Waals surface area contributed by atoms with Crippen LogP contribution in [0.1, 0.15) is 18.1 Å². The molecule has 0 aliphatic heterocycles. The maximum Gasteiger partial charge on any atom is 0.165 e. The Labute approximate surface area is 152 Å². The summed E-state index contributed by atoms with van der Waals surface area (Å²) in [6.07, 6.45) is 1.03. The van der Waals surface area contributed by atoms with Gasteiger partial charge in [-0.05, 0) is 43.3 Å². The topological polar surface area (TPSA) is 39.7 Å². The third-order valence-electron chi connectivity index (χ3n) is 3.61. The molecular formula is C19H24BrNO3. The van der Waals surface area contributed by atoms with Gasteiger partial charge in [-0.3, -0.25) is 0 Å². The Balaban J connectivity index is 1.95. The molecule has 130 valence electrons. The minimum absolute atomic E-state index is 0.449. The Kier molecular flexibility index (Phi) is 7.40. The molecule has 0 unspecified atom stereocenters. The fraction of sp³-hybridized carbons (Fsp3) is 0.368. The highest BCUT2D eigenvalue weighted by Gasteiger charge is 2.12. The molecule has 0 aliphatic carbocycles. The molecular weight excluding hydrogens is 370 g/mol. The number of halogens is 1. The second-order valence-corrected chi connectivity index (χ2v) is 6.24. The molecule has 2 aromatic carbocycles. The zero-order valence-electron chi connectivity index (χ0n) is 14.4. The number of aryl methyl sites for hydroxylation is 1. The molecule has 4 nitrogen and oxygen atoms in total. The summed E-state index contributed by atoms with van der Waals surface area (Å²) in [4.78, 5) is 0. The summed E-state index contributed by atoms with van der Waals surface area (Å²) in [6, 6.07) is 12.1. The number of hydrogen-bond acceptors (Lipinski definition) is 4. The zero-order chi connectivity index (χ0) is 17.4. The van der Waals surface area contributed by atoms with Crippen molar-refractivity contribution in [2.75, 3.05) is 27.4 Å². The highest BCUT2D eigenvalue weighted by molar-refractivity contribution is 9.10. The van der Waals surface area contributed by atoms with Crippen LogP contribution >= 0.6 is 15.9 Å². The quantitative estimate of drug-likeness (QED) is 0.648. The van der Waals surface area contributed by atoms with Gasteiger partial charge in [0, 0.05) is 16.6 Å². The molecule has 0 saturated carbocycles. The van der Waals surface area contributed by atoms with Crippen molar-refractivity contribution in [1.29, 1.82) is 0 Å². The van der Waals surface area contributed by atoms with Crippen molar-refractivity contribution in [1.82, 2.24) is 5.32 Å². The molecule has 24 heavy (non-hydrogen) atoms. The number of rotatable bonds is 9. The molecule has 0 bridgehead atoms. The van der Waals surface area contributed by atoms with E-state index in [1.807, 2.05) is 31.3 Å².